The lowest BCUT2D eigenvalue weighted by Crippen LogP contribution is -2.28. The summed E-state index contributed by atoms with van der Waals surface area (Å²) < 4.78 is 0. The van der Waals surface area contributed by atoms with Crippen LogP contribution < -0.4 is 11.2 Å². The lowest BCUT2D eigenvalue weighted by Gasteiger charge is -2.10. The van der Waals surface area contributed by atoms with E-state index >= 15 is 0 Å². The average Bonchev–Trinajstić information content (AvgIpc) is 2.68. The molecule has 4 heteroatoms. The SMILES string of the molecule is NCCCCC(=O)NOC1CCCC1. The van der Waals surface area contributed by atoms with Gasteiger partial charge in [0.05, 0.1) is 6.10 Å². The standard InChI is InChI=1S/C10H20N2O2/c11-8-4-3-7-10(13)12-14-9-5-1-2-6-9/h9H,1-8,11H2,(H,12,13). The molecule has 1 rings (SSSR count). The third kappa shape index (κ3) is 4.58. The van der Waals surface area contributed by atoms with Crippen LogP contribution in [0, 0.1) is 0 Å². The zero-order valence-electron chi connectivity index (χ0n) is 8.63. The molecule has 4 nitrogen and oxygen atoms in total. The van der Waals surface area contributed by atoms with Gasteiger partial charge in [-0.15, -0.1) is 0 Å². The van der Waals surface area contributed by atoms with E-state index in [1.807, 2.05) is 0 Å². The number of carbonyl (C=O) groups is 1. The maximum atomic E-state index is 11.2. The smallest absolute Gasteiger partial charge is 0.243 e. The third-order valence-electron chi connectivity index (χ3n) is 2.50. The molecular weight excluding hydrogens is 180 g/mol. The topological polar surface area (TPSA) is 64.4 Å². The predicted molar refractivity (Wildman–Crippen MR) is 54.4 cm³/mol. The second-order valence-electron chi connectivity index (χ2n) is 3.80. The minimum atomic E-state index is -0.0228. The normalized spacial score (nSPS) is 17.2. The highest BCUT2D eigenvalue weighted by Gasteiger charge is 2.16. The van der Waals surface area contributed by atoms with E-state index in [4.69, 9.17) is 10.6 Å². The Hall–Kier alpha value is -0.610. The van der Waals surface area contributed by atoms with Crippen molar-refractivity contribution in [2.45, 2.75) is 51.0 Å². The second-order valence-corrected chi connectivity index (χ2v) is 3.80. The van der Waals surface area contributed by atoms with Crippen molar-refractivity contribution in [1.29, 1.82) is 0 Å². The number of nitrogens with two attached hydrogens (primary N) is 1. The minimum absolute atomic E-state index is 0.0228. The number of amides is 1. The molecule has 0 aromatic carbocycles. The Bertz CT molecular complexity index is 168. The maximum absolute atomic E-state index is 11.2. The summed E-state index contributed by atoms with van der Waals surface area (Å²) in [4.78, 5) is 16.5. The van der Waals surface area contributed by atoms with Crippen LogP contribution in [-0.2, 0) is 9.63 Å². The Labute approximate surface area is 85.1 Å². The molecule has 0 heterocycles. The number of hydrogen-bond donors (Lipinski definition) is 2. The molecule has 1 aliphatic rings. The van der Waals surface area contributed by atoms with Gasteiger partial charge in [0.15, 0.2) is 0 Å². The number of nitrogens with one attached hydrogen (secondary N) is 1. The van der Waals surface area contributed by atoms with Gasteiger partial charge in [-0.25, -0.2) is 5.48 Å². The van der Waals surface area contributed by atoms with Crippen molar-refractivity contribution in [3.8, 4) is 0 Å². The Morgan fingerprint density at radius 1 is 1.36 bits per heavy atom. The largest absolute Gasteiger partial charge is 0.330 e. The lowest BCUT2D eigenvalue weighted by atomic mass is 10.2. The number of hydroxylamine groups is 1. The van der Waals surface area contributed by atoms with Crippen molar-refractivity contribution < 1.29 is 9.63 Å². The highest BCUT2D eigenvalue weighted by molar-refractivity contribution is 5.74. The van der Waals surface area contributed by atoms with Crippen molar-refractivity contribution in [3.63, 3.8) is 0 Å². The highest BCUT2D eigenvalue weighted by Crippen LogP contribution is 2.19. The molecule has 0 atom stereocenters. The number of unbranched alkanes of at least 4 members (excludes halogenated alkanes) is 1. The lowest BCUT2D eigenvalue weighted by molar-refractivity contribution is -0.138. The quantitative estimate of drug-likeness (QED) is 0.498. The summed E-state index contributed by atoms with van der Waals surface area (Å²) in [7, 11) is 0. The first kappa shape index (κ1) is 11.5. The molecule has 14 heavy (non-hydrogen) atoms. The van der Waals surface area contributed by atoms with E-state index in [9.17, 15) is 4.79 Å². The van der Waals surface area contributed by atoms with E-state index in [-0.39, 0.29) is 12.0 Å². The molecular formula is C10H20N2O2. The molecule has 0 saturated heterocycles. The number of rotatable bonds is 6. The maximum Gasteiger partial charge on any atom is 0.243 e. The first-order chi connectivity index (χ1) is 6.83. The van der Waals surface area contributed by atoms with E-state index < -0.39 is 0 Å². The monoisotopic (exact) mass is 200 g/mol. The Balaban J connectivity index is 1.96. The molecule has 1 amide bonds. The van der Waals surface area contributed by atoms with Crippen LogP contribution in [0.15, 0.2) is 0 Å². The van der Waals surface area contributed by atoms with Gasteiger partial charge in [0.25, 0.3) is 0 Å². The number of hydrogen-bond acceptors (Lipinski definition) is 3. The van der Waals surface area contributed by atoms with E-state index in [1.54, 1.807) is 0 Å². The summed E-state index contributed by atoms with van der Waals surface area (Å²) in [5, 5.41) is 0. The predicted octanol–water partition coefficient (Wildman–Crippen LogP) is 1.11. The van der Waals surface area contributed by atoms with Crippen LogP contribution in [0.4, 0.5) is 0 Å². The minimum Gasteiger partial charge on any atom is -0.330 e. The van der Waals surface area contributed by atoms with Gasteiger partial charge in [-0.2, -0.15) is 0 Å². The third-order valence-corrected chi connectivity index (χ3v) is 2.50. The van der Waals surface area contributed by atoms with Gasteiger partial charge >= 0.3 is 0 Å². The molecule has 0 radical (unpaired) electrons. The highest BCUT2D eigenvalue weighted by atomic mass is 16.7. The summed E-state index contributed by atoms with van der Waals surface area (Å²) >= 11 is 0. The Kier molecular flexibility index (Phi) is 5.56. The van der Waals surface area contributed by atoms with Gasteiger partial charge < -0.3 is 5.73 Å². The molecule has 0 unspecified atom stereocenters. The fourth-order valence-corrected chi connectivity index (χ4v) is 1.64. The van der Waals surface area contributed by atoms with Crippen LogP contribution in [0.25, 0.3) is 0 Å². The summed E-state index contributed by atoms with van der Waals surface area (Å²) in [5.74, 6) is -0.0228. The molecule has 82 valence electrons. The molecule has 1 aliphatic carbocycles. The van der Waals surface area contributed by atoms with Crippen molar-refractivity contribution in [2.24, 2.45) is 5.73 Å². The number of carbonyl (C=O) groups excluding carboxylic acids is 1. The van der Waals surface area contributed by atoms with Crippen molar-refractivity contribution in [1.82, 2.24) is 5.48 Å². The van der Waals surface area contributed by atoms with E-state index in [2.05, 4.69) is 5.48 Å². The zero-order chi connectivity index (χ0) is 10.2. The summed E-state index contributed by atoms with van der Waals surface area (Å²) in [5.41, 5.74) is 7.83. The Morgan fingerprint density at radius 3 is 2.71 bits per heavy atom. The first-order valence-electron chi connectivity index (χ1n) is 5.47. The van der Waals surface area contributed by atoms with Gasteiger partial charge in [0.2, 0.25) is 5.91 Å². The van der Waals surface area contributed by atoms with Crippen LogP contribution in [0.3, 0.4) is 0 Å². The van der Waals surface area contributed by atoms with Gasteiger partial charge in [-0.1, -0.05) is 12.8 Å². The van der Waals surface area contributed by atoms with E-state index in [0.29, 0.717) is 13.0 Å². The molecule has 0 bridgehead atoms. The van der Waals surface area contributed by atoms with Crippen LogP contribution in [-0.4, -0.2) is 18.6 Å². The van der Waals surface area contributed by atoms with Gasteiger partial charge in [-0.3, -0.25) is 9.63 Å². The summed E-state index contributed by atoms with van der Waals surface area (Å²) in [6, 6.07) is 0. The van der Waals surface area contributed by atoms with Crippen LogP contribution in [0.5, 0.6) is 0 Å². The van der Waals surface area contributed by atoms with Crippen molar-refractivity contribution in [3.05, 3.63) is 0 Å². The summed E-state index contributed by atoms with van der Waals surface area (Å²) in [6.07, 6.45) is 7.08. The van der Waals surface area contributed by atoms with Gasteiger partial charge in [0, 0.05) is 6.42 Å². The zero-order valence-corrected chi connectivity index (χ0v) is 8.63. The molecule has 0 aromatic heterocycles. The fraction of sp³-hybridized carbons (Fsp3) is 0.900. The van der Waals surface area contributed by atoms with Crippen LogP contribution in [0.1, 0.15) is 44.9 Å². The van der Waals surface area contributed by atoms with Crippen LogP contribution in [0.2, 0.25) is 0 Å². The summed E-state index contributed by atoms with van der Waals surface area (Å²) in [6.45, 7) is 0.650. The second kappa shape index (κ2) is 6.79. The molecule has 1 saturated carbocycles. The Morgan fingerprint density at radius 2 is 2.07 bits per heavy atom. The fourth-order valence-electron chi connectivity index (χ4n) is 1.64. The van der Waals surface area contributed by atoms with Gasteiger partial charge in [0.1, 0.15) is 0 Å². The van der Waals surface area contributed by atoms with E-state index in [1.165, 1.54) is 12.8 Å². The van der Waals surface area contributed by atoms with E-state index in [0.717, 1.165) is 25.7 Å². The van der Waals surface area contributed by atoms with Crippen molar-refractivity contribution >= 4 is 5.91 Å². The first-order valence-corrected chi connectivity index (χ1v) is 5.47. The van der Waals surface area contributed by atoms with Crippen molar-refractivity contribution in [2.75, 3.05) is 6.54 Å². The van der Waals surface area contributed by atoms with Gasteiger partial charge in [-0.05, 0) is 32.2 Å². The molecule has 1 fully saturated rings. The molecule has 3 N–H and O–H groups in total. The average molecular weight is 200 g/mol. The molecule has 0 spiro atoms. The molecule has 0 aliphatic heterocycles. The molecule has 0 aromatic rings. The van der Waals surface area contributed by atoms with Crippen LogP contribution >= 0.6 is 0 Å².